The van der Waals surface area contributed by atoms with Crippen molar-refractivity contribution in [3.63, 3.8) is 0 Å². The molecule has 0 saturated carbocycles. The smallest absolute Gasteiger partial charge is 0.382 e. The maximum atomic E-state index is 11.6. The lowest BCUT2D eigenvalue weighted by atomic mass is 10.6. The van der Waals surface area contributed by atoms with Crippen LogP contribution in [-0.4, -0.2) is 58.8 Å². The highest BCUT2D eigenvalue weighted by Crippen LogP contribution is 2.13. The molecule has 0 spiro atoms. The Hall–Kier alpha value is -0.860. The zero-order chi connectivity index (χ0) is 13.1. The highest BCUT2D eigenvalue weighted by molar-refractivity contribution is 5.77. The van der Waals surface area contributed by atoms with Crippen LogP contribution in [0.15, 0.2) is 0 Å². The monoisotopic (exact) mass is 259 g/mol. The van der Waals surface area contributed by atoms with Gasteiger partial charge < -0.3 is 19.5 Å². The molecule has 102 valence electrons. The summed E-state index contributed by atoms with van der Waals surface area (Å²) in [4.78, 5) is 11.0. The van der Waals surface area contributed by atoms with Crippen molar-refractivity contribution in [2.45, 2.75) is 6.18 Å². The molecule has 0 atom stereocenters. The van der Waals surface area contributed by atoms with E-state index in [1.54, 1.807) is 0 Å². The molecule has 8 heteroatoms. The summed E-state index contributed by atoms with van der Waals surface area (Å²) in [6.45, 7) is -0.974. The summed E-state index contributed by atoms with van der Waals surface area (Å²) in [6.07, 6.45) is -4.34. The van der Waals surface area contributed by atoms with Crippen molar-refractivity contribution in [1.29, 1.82) is 0 Å². The normalized spacial score (nSPS) is 11.5. The minimum atomic E-state index is -4.34. The van der Waals surface area contributed by atoms with Crippen molar-refractivity contribution in [1.82, 2.24) is 5.32 Å². The van der Waals surface area contributed by atoms with Crippen LogP contribution in [0.2, 0.25) is 0 Å². The third-order valence-electron chi connectivity index (χ3n) is 1.50. The Morgan fingerprint density at radius 3 is 2.47 bits per heavy atom. The molecule has 0 aliphatic rings. The van der Waals surface area contributed by atoms with Crippen LogP contribution in [0.1, 0.15) is 0 Å². The van der Waals surface area contributed by atoms with Crippen LogP contribution >= 0.6 is 0 Å². The molecule has 1 amide bonds. The molecule has 0 aromatic rings. The quantitative estimate of drug-likeness (QED) is 0.607. The lowest BCUT2D eigenvalue weighted by molar-refractivity contribution is -0.173. The van der Waals surface area contributed by atoms with E-state index in [-0.39, 0.29) is 26.4 Å². The van der Waals surface area contributed by atoms with Gasteiger partial charge in [-0.3, -0.25) is 4.79 Å². The molecule has 0 radical (unpaired) electrons. The zero-order valence-corrected chi connectivity index (χ0v) is 9.51. The second kappa shape index (κ2) is 9.20. The fourth-order valence-corrected chi connectivity index (χ4v) is 0.809. The van der Waals surface area contributed by atoms with Gasteiger partial charge in [0.25, 0.3) is 0 Å². The summed E-state index contributed by atoms with van der Waals surface area (Å²) in [5.41, 5.74) is 0. The van der Waals surface area contributed by atoms with E-state index in [0.717, 1.165) is 0 Å². The van der Waals surface area contributed by atoms with Gasteiger partial charge in [-0.15, -0.1) is 0 Å². The molecule has 0 fully saturated rings. The molecule has 5 nitrogen and oxygen atoms in total. The summed E-state index contributed by atoms with van der Waals surface area (Å²) in [5.74, 6) is -0.406. The number of carbonyl (C=O) groups is 1. The second-order valence-electron chi connectivity index (χ2n) is 3.06. The first-order chi connectivity index (χ1) is 7.95. The number of amides is 1. The van der Waals surface area contributed by atoms with Crippen molar-refractivity contribution >= 4 is 5.91 Å². The summed E-state index contributed by atoms with van der Waals surface area (Å²) < 4.78 is 48.8. The SMILES string of the molecule is COCCOCC(=O)NCCOCC(F)(F)F. The van der Waals surface area contributed by atoms with Gasteiger partial charge in [0, 0.05) is 13.7 Å². The van der Waals surface area contributed by atoms with Crippen molar-refractivity contribution in [2.24, 2.45) is 0 Å². The van der Waals surface area contributed by atoms with Gasteiger partial charge in [-0.2, -0.15) is 13.2 Å². The van der Waals surface area contributed by atoms with Gasteiger partial charge in [0.1, 0.15) is 13.2 Å². The van der Waals surface area contributed by atoms with Gasteiger partial charge in [-0.05, 0) is 0 Å². The van der Waals surface area contributed by atoms with Crippen LogP contribution in [0.25, 0.3) is 0 Å². The molecule has 0 saturated heterocycles. The Morgan fingerprint density at radius 2 is 1.88 bits per heavy atom. The Kier molecular flexibility index (Phi) is 8.73. The Morgan fingerprint density at radius 1 is 1.18 bits per heavy atom. The summed E-state index contributed by atoms with van der Waals surface area (Å²) in [6, 6.07) is 0. The van der Waals surface area contributed by atoms with E-state index >= 15 is 0 Å². The predicted molar refractivity (Wildman–Crippen MR) is 52.6 cm³/mol. The maximum absolute atomic E-state index is 11.6. The summed E-state index contributed by atoms with van der Waals surface area (Å²) >= 11 is 0. The van der Waals surface area contributed by atoms with Gasteiger partial charge in [0.05, 0.1) is 19.8 Å². The van der Waals surface area contributed by atoms with Crippen LogP contribution in [0.5, 0.6) is 0 Å². The third-order valence-corrected chi connectivity index (χ3v) is 1.50. The van der Waals surface area contributed by atoms with Crippen molar-refractivity contribution in [3.05, 3.63) is 0 Å². The van der Waals surface area contributed by atoms with E-state index in [2.05, 4.69) is 14.8 Å². The number of alkyl halides is 3. The minimum Gasteiger partial charge on any atom is -0.382 e. The van der Waals surface area contributed by atoms with Crippen molar-refractivity contribution < 1.29 is 32.2 Å². The van der Waals surface area contributed by atoms with Gasteiger partial charge >= 0.3 is 6.18 Å². The van der Waals surface area contributed by atoms with Crippen LogP contribution in [-0.2, 0) is 19.0 Å². The lowest BCUT2D eigenvalue weighted by Crippen LogP contribution is -2.32. The minimum absolute atomic E-state index is 0.0164. The van der Waals surface area contributed by atoms with E-state index in [4.69, 9.17) is 4.74 Å². The summed E-state index contributed by atoms with van der Waals surface area (Å²) in [5, 5.41) is 2.35. The number of methoxy groups -OCH3 is 1. The van der Waals surface area contributed by atoms with Crippen LogP contribution in [0.3, 0.4) is 0 Å². The molecule has 0 aromatic carbocycles. The number of nitrogens with one attached hydrogen (secondary N) is 1. The average Bonchev–Trinajstić information content (AvgIpc) is 2.22. The Bertz CT molecular complexity index is 211. The fraction of sp³-hybridized carbons (Fsp3) is 0.889. The molecule has 17 heavy (non-hydrogen) atoms. The molecule has 0 heterocycles. The zero-order valence-electron chi connectivity index (χ0n) is 9.51. The van der Waals surface area contributed by atoms with Gasteiger partial charge in [-0.25, -0.2) is 0 Å². The van der Waals surface area contributed by atoms with Crippen LogP contribution in [0, 0.1) is 0 Å². The third kappa shape index (κ3) is 13.1. The first-order valence-corrected chi connectivity index (χ1v) is 4.93. The highest BCUT2D eigenvalue weighted by Gasteiger charge is 2.27. The molecule has 0 unspecified atom stereocenters. The number of hydrogen-bond acceptors (Lipinski definition) is 4. The topological polar surface area (TPSA) is 56.8 Å². The number of halogens is 3. The fourth-order valence-electron chi connectivity index (χ4n) is 0.809. The second-order valence-corrected chi connectivity index (χ2v) is 3.06. The summed E-state index contributed by atoms with van der Waals surface area (Å²) in [7, 11) is 1.50. The van der Waals surface area contributed by atoms with E-state index < -0.39 is 18.7 Å². The molecule has 0 aliphatic carbocycles. The highest BCUT2D eigenvalue weighted by atomic mass is 19.4. The number of hydrogen-bond donors (Lipinski definition) is 1. The van der Waals surface area contributed by atoms with Crippen LogP contribution < -0.4 is 5.32 Å². The van der Waals surface area contributed by atoms with E-state index in [0.29, 0.717) is 6.61 Å². The molecule has 0 bridgehead atoms. The number of carbonyl (C=O) groups excluding carboxylic acids is 1. The van der Waals surface area contributed by atoms with E-state index in [9.17, 15) is 18.0 Å². The van der Waals surface area contributed by atoms with Gasteiger partial charge in [0.2, 0.25) is 5.91 Å². The molecular formula is C9H16F3NO4. The lowest BCUT2D eigenvalue weighted by Gasteiger charge is -2.08. The Balaban J connectivity index is 3.28. The molecule has 1 N–H and O–H groups in total. The van der Waals surface area contributed by atoms with Gasteiger partial charge in [-0.1, -0.05) is 0 Å². The number of rotatable bonds is 9. The van der Waals surface area contributed by atoms with Gasteiger partial charge in [0.15, 0.2) is 0 Å². The standard InChI is InChI=1S/C9H16F3NO4/c1-15-4-5-16-6-8(14)13-2-3-17-7-9(10,11)12/h2-7H2,1H3,(H,13,14). The molecular weight excluding hydrogens is 243 g/mol. The molecule has 0 rings (SSSR count). The largest absolute Gasteiger partial charge is 0.411 e. The average molecular weight is 259 g/mol. The first kappa shape index (κ1) is 16.1. The first-order valence-electron chi connectivity index (χ1n) is 4.93. The van der Waals surface area contributed by atoms with Crippen molar-refractivity contribution in [2.75, 3.05) is 46.7 Å². The van der Waals surface area contributed by atoms with Crippen molar-refractivity contribution in [3.8, 4) is 0 Å². The Labute approximate surface area is 97.2 Å². The van der Waals surface area contributed by atoms with Crippen LogP contribution in [0.4, 0.5) is 13.2 Å². The maximum Gasteiger partial charge on any atom is 0.411 e. The van der Waals surface area contributed by atoms with E-state index in [1.807, 2.05) is 0 Å². The van der Waals surface area contributed by atoms with E-state index in [1.165, 1.54) is 7.11 Å². The molecule has 0 aliphatic heterocycles. The number of ether oxygens (including phenoxy) is 3. The predicted octanol–water partition coefficient (Wildman–Crippen LogP) is 0.344. The molecule has 0 aromatic heterocycles.